The third kappa shape index (κ3) is 3.21. The van der Waals surface area contributed by atoms with Gasteiger partial charge >= 0.3 is 0 Å². The molecule has 7 heteroatoms. The van der Waals surface area contributed by atoms with Crippen molar-refractivity contribution in [3.63, 3.8) is 0 Å². The zero-order valence-electron chi connectivity index (χ0n) is 14.3. The van der Waals surface area contributed by atoms with Gasteiger partial charge < -0.3 is 14.1 Å². The van der Waals surface area contributed by atoms with Crippen LogP contribution in [0.2, 0.25) is 18.1 Å². The second-order valence-electron chi connectivity index (χ2n) is 7.21. The van der Waals surface area contributed by atoms with E-state index >= 15 is 0 Å². The van der Waals surface area contributed by atoms with Crippen LogP contribution >= 0.6 is 0 Å². The Labute approximate surface area is 132 Å². The van der Waals surface area contributed by atoms with E-state index in [1.807, 2.05) is 4.57 Å². The van der Waals surface area contributed by atoms with E-state index in [2.05, 4.69) is 55.7 Å². The highest BCUT2D eigenvalue weighted by atomic mass is 28.4. The van der Waals surface area contributed by atoms with Crippen LogP contribution in [0.3, 0.4) is 0 Å². The fraction of sp³-hybridized carbons (Fsp3) is 0.667. The largest absolute Gasteiger partial charge is 0.415 e. The summed E-state index contributed by atoms with van der Waals surface area (Å²) in [6.07, 6.45) is 3.17. The minimum atomic E-state index is -1.80. The molecule has 1 atom stereocenters. The fourth-order valence-electron chi connectivity index (χ4n) is 2.09. The molecule has 2 aromatic rings. The summed E-state index contributed by atoms with van der Waals surface area (Å²) in [5, 5.41) is 9.73. The predicted molar refractivity (Wildman–Crippen MR) is 89.1 cm³/mol. The number of nitrogens with zero attached hydrogens (tertiary/aromatic N) is 4. The van der Waals surface area contributed by atoms with Crippen molar-refractivity contribution >= 4 is 19.5 Å². The minimum absolute atomic E-state index is 0.0520. The van der Waals surface area contributed by atoms with Gasteiger partial charge in [0.1, 0.15) is 24.3 Å². The van der Waals surface area contributed by atoms with Gasteiger partial charge in [0.25, 0.3) is 0 Å². The number of aliphatic hydroxyl groups excluding tert-OH is 1. The van der Waals surface area contributed by atoms with E-state index in [4.69, 9.17) is 4.43 Å². The maximum atomic E-state index is 9.56. The maximum absolute atomic E-state index is 9.56. The number of fused-ring (bicyclic) bond motifs is 1. The highest BCUT2D eigenvalue weighted by molar-refractivity contribution is 6.74. The van der Waals surface area contributed by atoms with Crippen LogP contribution in [0.15, 0.2) is 12.5 Å². The Morgan fingerprint density at radius 3 is 2.64 bits per heavy atom. The molecular formula is C15H26N4O2Si. The van der Waals surface area contributed by atoms with E-state index in [1.54, 1.807) is 6.20 Å². The Kier molecular flexibility index (Phi) is 4.69. The summed E-state index contributed by atoms with van der Waals surface area (Å²) in [6.45, 7) is 13.7. The summed E-state index contributed by atoms with van der Waals surface area (Å²) in [5.41, 5.74) is 1.44. The zero-order chi connectivity index (χ0) is 16.5. The summed E-state index contributed by atoms with van der Waals surface area (Å²) in [6, 6.07) is 0.0520. The summed E-state index contributed by atoms with van der Waals surface area (Å²) in [7, 11) is -1.80. The molecule has 0 bridgehead atoms. The third-order valence-corrected chi connectivity index (χ3v) is 9.00. The van der Waals surface area contributed by atoms with Gasteiger partial charge in [0.05, 0.1) is 18.8 Å². The lowest BCUT2D eigenvalue weighted by molar-refractivity contribution is 0.223. The summed E-state index contributed by atoms with van der Waals surface area (Å²) in [4.78, 5) is 12.7. The molecule has 2 rings (SSSR count). The first-order chi connectivity index (χ1) is 10.2. The van der Waals surface area contributed by atoms with Crippen molar-refractivity contribution in [3.05, 3.63) is 18.3 Å². The maximum Gasteiger partial charge on any atom is 0.192 e. The van der Waals surface area contributed by atoms with Crippen molar-refractivity contribution in [2.45, 2.75) is 58.5 Å². The van der Waals surface area contributed by atoms with Crippen LogP contribution in [0.5, 0.6) is 0 Å². The SMILES string of the molecule is CC(CO[Si](C)(C)C(C)(C)C)n1c(CO)nc2cncnc21. The van der Waals surface area contributed by atoms with Crippen molar-refractivity contribution in [1.29, 1.82) is 0 Å². The van der Waals surface area contributed by atoms with Crippen LogP contribution in [0.4, 0.5) is 0 Å². The Bertz CT molecular complexity index is 649. The van der Waals surface area contributed by atoms with Crippen LogP contribution in [0.1, 0.15) is 39.6 Å². The number of hydrogen-bond donors (Lipinski definition) is 1. The molecule has 1 unspecified atom stereocenters. The Balaban J connectivity index is 2.25. The molecular weight excluding hydrogens is 296 g/mol. The zero-order valence-corrected chi connectivity index (χ0v) is 15.3. The smallest absolute Gasteiger partial charge is 0.192 e. The normalized spacial score (nSPS) is 14.5. The number of rotatable bonds is 5. The van der Waals surface area contributed by atoms with Crippen LogP contribution in [0, 0.1) is 0 Å². The van der Waals surface area contributed by atoms with Gasteiger partial charge in [0.15, 0.2) is 14.0 Å². The summed E-state index contributed by atoms with van der Waals surface area (Å²) in [5.74, 6) is 0.599. The number of aromatic nitrogens is 4. The monoisotopic (exact) mass is 322 g/mol. The van der Waals surface area contributed by atoms with Gasteiger partial charge in [-0.25, -0.2) is 15.0 Å². The second-order valence-corrected chi connectivity index (χ2v) is 12.0. The summed E-state index contributed by atoms with van der Waals surface area (Å²) < 4.78 is 8.24. The lowest BCUT2D eigenvalue weighted by Gasteiger charge is -2.37. The quantitative estimate of drug-likeness (QED) is 0.857. The van der Waals surface area contributed by atoms with Crippen molar-refractivity contribution in [2.24, 2.45) is 0 Å². The van der Waals surface area contributed by atoms with Crippen LogP contribution < -0.4 is 0 Å². The fourth-order valence-corrected chi connectivity index (χ4v) is 3.18. The Morgan fingerprint density at radius 2 is 2.05 bits per heavy atom. The molecule has 2 aromatic heterocycles. The lowest BCUT2D eigenvalue weighted by atomic mass is 10.2. The second kappa shape index (κ2) is 6.06. The van der Waals surface area contributed by atoms with E-state index in [9.17, 15) is 5.11 Å². The van der Waals surface area contributed by atoms with Crippen LogP contribution in [-0.2, 0) is 11.0 Å². The molecule has 0 aliphatic rings. The molecule has 0 fully saturated rings. The molecule has 122 valence electrons. The molecule has 22 heavy (non-hydrogen) atoms. The average molecular weight is 322 g/mol. The molecule has 0 spiro atoms. The van der Waals surface area contributed by atoms with Crippen molar-refractivity contribution in [2.75, 3.05) is 6.61 Å². The average Bonchev–Trinajstić information content (AvgIpc) is 2.82. The van der Waals surface area contributed by atoms with Crippen molar-refractivity contribution in [1.82, 2.24) is 19.5 Å². The van der Waals surface area contributed by atoms with E-state index in [1.165, 1.54) is 6.33 Å². The molecule has 0 aliphatic heterocycles. The first-order valence-corrected chi connectivity index (χ1v) is 10.5. The molecule has 0 saturated heterocycles. The third-order valence-electron chi connectivity index (χ3n) is 4.50. The molecule has 6 nitrogen and oxygen atoms in total. The van der Waals surface area contributed by atoms with Gasteiger partial charge in [-0.05, 0) is 25.1 Å². The van der Waals surface area contributed by atoms with Gasteiger partial charge in [-0.1, -0.05) is 20.8 Å². The highest BCUT2D eigenvalue weighted by Gasteiger charge is 2.37. The van der Waals surface area contributed by atoms with Crippen molar-refractivity contribution in [3.8, 4) is 0 Å². The first-order valence-electron chi connectivity index (χ1n) is 7.59. The Hall–Kier alpha value is -1.31. The predicted octanol–water partition coefficient (Wildman–Crippen LogP) is 2.90. The van der Waals surface area contributed by atoms with E-state index in [-0.39, 0.29) is 17.7 Å². The van der Waals surface area contributed by atoms with Gasteiger partial charge in [0.2, 0.25) is 0 Å². The van der Waals surface area contributed by atoms with Crippen LogP contribution in [0.25, 0.3) is 11.2 Å². The molecule has 0 aliphatic carbocycles. The van der Waals surface area contributed by atoms with Gasteiger partial charge in [0, 0.05) is 0 Å². The molecule has 0 aromatic carbocycles. The molecule has 1 N–H and O–H groups in total. The Morgan fingerprint density at radius 1 is 1.36 bits per heavy atom. The first kappa shape index (κ1) is 17.0. The lowest BCUT2D eigenvalue weighted by Crippen LogP contribution is -2.42. The van der Waals surface area contributed by atoms with E-state index < -0.39 is 8.32 Å². The molecule has 0 radical (unpaired) electrons. The number of imidazole rings is 1. The minimum Gasteiger partial charge on any atom is -0.415 e. The van der Waals surface area contributed by atoms with Crippen molar-refractivity contribution < 1.29 is 9.53 Å². The van der Waals surface area contributed by atoms with Gasteiger partial charge in [-0.3, -0.25) is 0 Å². The summed E-state index contributed by atoms with van der Waals surface area (Å²) >= 11 is 0. The molecule has 0 amide bonds. The number of aliphatic hydroxyl groups is 1. The topological polar surface area (TPSA) is 73.1 Å². The molecule has 0 saturated carbocycles. The number of hydrogen-bond acceptors (Lipinski definition) is 5. The molecule has 2 heterocycles. The van der Waals surface area contributed by atoms with Crippen LogP contribution in [-0.4, -0.2) is 39.5 Å². The van der Waals surface area contributed by atoms with E-state index in [0.717, 1.165) is 5.65 Å². The van der Waals surface area contributed by atoms with Gasteiger partial charge in [-0.2, -0.15) is 0 Å². The van der Waals surface area contributed by atoms with E-state index in [0.29, 0.717) is 17.9 Å². The highest BCUT2D eigenvalue weighted by Crippen LogP contribution is 2.37. The van der Waals surface area contributed by atoms with Gasteiger partial charge in [-0.15, -0.1) is 0 Å². The standard InChI is InChI=1S/C15H26N4O2Si/c1-11(9-21-22(5,6)15(2,3)4)19-13(8-20)18-12-7-16-10-17-14(12)19/h7,10-11,20H,8-9H2,1-6H3.